The molecule has 2 amide bonds. The molecule has 0 saturated carbocycles. The third-order valence-electron chi connectivity index (χ3n) is 3.29. The molecule has 0 bridgehead atoms. The van der Waals surface area contributed by atoms with Crippen molar-refractivity contribution in [3.8, 4) is 0 Å². The van der Waals surface area contributed by atoms with Crippen molar-refractivity contribution in [2.75, 3.05) is 6.54 Å². The number of carbonyl (C=O) groups is 2. The van der Waals surface area contributed by atoms with Gasteiger partial charge >= 0.3 is 0 Å². The van der Waals surface area contributed by atoms with Crippen LogP contribution in [0.2, 0.25) is 0 Å². The van der Waals surface area contributed by atoms with Crippen LogP contribution in [0.5, 0.6) is 0 Å². The van der Waals surface area contributed by atoms with Crippen LogP contribution in [0.15, 0.2) is 21.9 Å². The molecule has 0 aromatic heterocycles. The Kier molecular flexibility index (Phi) is 6.84. The summed E-state index contributed by atoms with van der Waals surface area (Å²) in [6, 6.07) is -0.875. The lowest BCUT2D eigenvalue weighted by molar-refractivity contribution is -0.512. The van der Waals surface area contributed by atoms with Crippen molar-refractivity contribution in [3.63, 3.8) is 0 Å². The monoisotopic (exact) mass is 325 g/mol. The number of oxime groups is 1. The van der Waals surface area contributed by atoms with Crippen molar-refractivity contribution in [3.05, 3.63) is 21.8 Å². The molecule has 23 heavy (non-hydrogen) atoms. The van der Waals surface area contributed by atoms with Gasteiger partial charge in [-0.05, 0) is 13.0 Å². The molecular weight excluding hydrogens is 306 g/mol. The Morgan fingerprint density at radius 2 is 2.30 bits per heavy atom. The third-order valence-corrected chi connectivity index (χ3v) is 3.29. The Morgan fingerprint density at radius 1 is 1.61 bits per heavy atom. The molecule has 0 aliphatic carbocycles. The smallest absolute Gasteiger partial charge is 0.267 e. The number of hydrogen-bond donors (Lipinski definition) is 3. The fourth-order valence-corrected chi connectivity index (χ4v) is 2.02. The van der Waals surface area contributed by atoms with Gasteiger partial charge in [-0.3, -0.25) is 19.7 Å². The zero-order chi connectivity index (χ0) is 17.4. The van der Waals surface area contributed by atoms with Gasteiger partial charge in [-0.1, -0.05) is 12.1 Å². The summed E-state index contributed by atoms with van der Waals surface area (Å²) >= 11 is 0. The fourth-order valence-electron chi connectivity index (χ4n) is 2.02. The van der Waals surface area contributed by atoms with Gasteiger partial charge in [0.25, 0.3) is 5.91 Å². The summed E-state index contributed by atoms with van der Waals surface area (Å²) in [7, 11) is 0. The van der Waals surface area contributed by atoms with Gasteiger partial charge in [0.2, 0.25) is 11.9 Å². The predicted octanol–water partition coefficient (Wildman–Crippen LogP) is 0.200. The van der Waals surface area contributed by atoms with E-state index in [-0.39, 0.29) is 36.7 Å². The molecule has 0 spiro atoms. The van der Waals surface area contributed by atoms with Crippen LogP contribution < -0.4 is 10.7 Å². The Morgan fingerprint density at radius 3 is 2.78 bits per heavy atom. The normalized spacial score (nSPS) is 17.1. The molecule has 10 nitrogen and oxygen atoms in total. The highest BCUT2D eigenvalue weighted by Crippen LogP contribution is 2.09. The summed E-state index contributed by atoms with van der Waals surface area (Å²) in [5.41, 5.74) is 2.87. The van der Waals surface area contributed by atoms with Crippen molar-refractivity contribution >= 4 is 23.2 Å². The van der Waals surface area contributed by atoms with Crippen molar-refractivity contribution in [1.29, 1.82) is 0 Å². The van der Waals surface area contributed by atoms with Crippen molar-refractivity contribution in [1.82, 2.24) is 10.7 Å². The quantitative estimate of drug-likeness (QED) is 0.265. The Balaban J connectivity index is 2.65. The van der Waals surface area contributed by atoms with E-state index in [9.17, 15) is 19.7 Å². The molecule has 0 fully saturated rings. The van der Waals surface area contributed by atoms with Gasteiger partial charge in [0, 0.05) is 29.8 Å². The largest absolute Gasteiger partial charge is 0.411 e. The Labute approximate surface area is 132 Å². The average molecular weight is 325 g/mol. The van der Waals surface area contributed by atoms with E-state index in [1.807, 2.05) is 0 Å². The third kappa shape index (κ3) is 5.49. The zero-order valence-electron chi connectivity index (χ0n) is 12.9. The summed E-state index contributed by atoms with van der Waals surface area (Å²) < 4.78 is 0. The molecule has 3 N–H and O–H groups in total. The van der Waals surface area contributed by atoms with E-state index in [1.54, 1.807) is 13.8 Å². The Hall–Kier alpha value is -2.78. The molecule has 1 unspecified atom stereocenters. The van der Waals surface area contributed by atoms with Crippen LogP contribution in [0.3, 0.4) is 0 Å². The highest BCUT2D eigenvalue weighted by Gasteiger charge is 2.21. The topological polar surface area (TPSA) is 146 Å². The number of nitrogens with one attached hydrogen (secondary N) is 2. The van der Waals surface area contributed by atoms with Gasteiger partial charge in [0.15, 0.2) is 0 Å². The van der Waals surface area contributed by atoms with Crippen LogP contribution in [0, 0.1) is 10.1 Å². The van der Waals surface area contributed by atoms with Crippen LogP contribution in [0.1, 0.15) is 33.1 Å². The number of carbonyl (C=O) groups excluding carboxylic acids is 2. The van der Waals surface area contributed by atoms with Crippen LogP contribution in [0.25, 0.3) is 0 Å². The maximum atomic E-state index is 11.9. The summed E-state index contributed by atoms with van der Waals surface area (Å²) in [5.74, 6) is -0.762. The minimum Gasteiger partial charge on any atom is -0.411 e. The fraction of sp³-hybridized carbons (Fsp3) is 0.538. The lowest BCUT2D eigenvalue weighted by Crippen LogP contribution is -2.39. The first kappa shape index (κ1) is 18.3. The molecule has 1 aliphatic heterocycles. The molecule has 1 heterocycles. The lowest BCUT2D eigenvalue weighted by atomic mass is 10.1. The van der Waals surface area contributed by atoms with E-state index in [4.69, 9.17) is 5.21 Å². The first-order chi connectivity index (χ1) is 10.9. The van der Waals surface area contributed by atoms with Gasteiger partial charge in [0.05, 0.1) is 12.3 Å². The van der Waals surface area contributed by atoms with Gasteiger partial charge in [-0.15, -0.1) is 0 Å². The highest BCUT2D eigenvalue weighted by molar-refractivity contribution is 6.39. The molecular formula is C13H19N5O5. The van der Waals surface area contributed by atoms with Gasteiger partial charge in [0.1, 0.15) is 5.71 Å². The van der Waals surface area contributed by atoms with Gasteiger partial charge < -0.3 is 10.5 Å². The first-order valence-corrected chi connectivity index (χ1v) is 7.05. The standard InChI is InChI=1S/C13H19N5O5/c1-3-11(18(22)23)8(2)6-9(17-21)7-14-13(20)10-4-5-12(19)16-15-10/h6,11,21H,3-5,7H2,1-2H3,(H,14,20)(H,16,19)/b8-6+,17-9+. The second-order valence-corrected chi connectivity index (χ2v) is 4.97. The van der Waals surface area contributed by atoms with Gasteiger partial charge in [-0.2, -0.15) is 5.10 Å². The molecule has 0 aromatic rings. The number of nitro groups is 1. The first-order valence-electron chi connectivity index (χ1n) is 7.05. The van der Waals surface area contributed by atoms with E-state index < -0.39 is 16.9 Å². The minimum absolute atomic E-state index is 0.0802. The minimum atomic E-state index is -0.875. The predicted molar refractivity (Wildman–Crippen MR) is 81.9 cm³/mol. The molecule has 1 atom stereocenters. The maximum Gasteiger partial charge on any atom is 0.267 e. The molecule has 1 aliphatic rings. The second-order valence-electron chi connectivity index (χ2n) is 4.97. The molecule has 126 valence electrons. The average Bonchev–Trinajstić information content (AvgIpc) is 2.52. The van der Waals surface area contributed by atoms with Crippen molar-refractivity contribution < 1.29 is 19.7 Å². The number of rotatable bonds is 7. The number of hydrazone groups is 1. The van der Waals surface area contributed by atoms with E-state index in [2.05, 4.69) is 21.0 Å². The van der Waals surface area contributed by atoms with E-state index in [0.717, 1.165) is 0 Å². The zero-order valence-corrected chi connectivity index (χ0v) is 12.9. The summed E-state index contributed by atoms with van der Waals surface area (Å²) in [5, 5.41) is 29.0. The molecule has 0 radical (unpaired) electrons. The van der Waals surface area contributed by atoms with Gasteiger partial charge in [-0.25, -0.2) is 5.43 Å². The number of hydrogen-bond acceptors (Lipinski definition) is 7. The van der Waals surface area contributed by atoms with E-state index in [1.165, 1.54) is 6.08 Å². The van der Waals surface area contributed by atoms with E-state index in [0.29, 0.717) is 12.0 Å². The summed E-state index contributed by atoms with van der Waals surface area (Å²) in [4.78, 5) is 33.3. The SMILES string of the molecule is CCC(/C(C)=C/C(CNC(=O)C1=NNC(=O)CC1)=N\O)[N+](=O)[O-]. The summed E-state index contributed by atoms with van der Waals surface area (Å²) in [6.45, 7) is 3.12. The number of amides is 2. The van der Waals surface area contributed by atoms with Crippen LogP contribution in [0.4, 0.5) is 0 Å². The number of nitrogens with zero attached hydrogens (tertiary/aromatic N) is 3. The summed E-state index contributed by atoms with van der Waals surface area (Å²) in [6.07, 6.45) is 2.06. The highest BCUT2D eigenvalue weighted by atomic mass is 16.6. The lowest BCUT2D eigenvalue weighted by Gasteiger charge is -2.12. The van der Waals surface area contributed by atoms with Crippen LogP contribution in [-0.4, -0.2) is 46.0 Å². The van der Waals surface area contributed by atoms with Crippen LogP contribution in [-0.2, 0) is 9.59 Å². The molecule has 10 heteroatoms. The maximum absolute atomic E-state index is 11.9. The molecule has 1 rings (SSSR count). The van der Waals surface area contributed by atoms with Crippen molar-refractivity contribution in [2.45, 2.75) is 39.2 Å². The molecule has 0 aromatic carbocycles. The molecule has 0 saturated heterocycles. The van der Waals surface area contributed by atoms with Crippen LogP contribution >= 0.6 is 0 Å². The van der Waals surface area contributed by atoms with Crippen molar-refractivity contribution in [2.24, 2.45) is 10.3 Å². The second kappa shape index (κ2) is 8.61. The Bertz CT molecular complexity index is 581. The van der Waals surface area contributed by atoms with E-state index >= 15 is 0 Å².